The number of urea groups is 1. The van der Waals surface area contributed by atoms with Gasteiger partial charge < -0.3 is 15.5 Å². The molecule has 1 fully saturated rings. The molecule has 2 aromatic rings. The maximum Gasteiger partial charge on any atom is 0.319 e. The normalized spacial score (nSPS) is 18.1. The van der Waals surface area contributed by atoms with Gasteiger partial charge in [-0.3, -0.25) is 0 Å². The lowest BCUT2D eigenvalue weighted by molar-refractivity contribution is 0.237. The summed E-state index contributed by atoms with van der Waals surface area (Å²) in [5.74, 6) is 0.486. The number of hydrogen-bond acceptors (Lipinski definition) is 5. The van der Waals surface area contributed by atoms with Crippen molar-refractivity contribution >= 4 is 32.5 Å². The van der Waals surface area contributed by atoms with E-state index < -0.39 is 10.0 Å². The summed E-state index contributed by atoms with van der Waals surface area (Å²) in [6.07, 6.45) is 1.33. The van der Waals surface area contributed by atoms with Crippen LogP contribution < -0.4 is 10.6 Å². The number of amidine groups is 1. The number of amides is 2. The summed E-state index contributed by atoms with van der Waals surface area (Å²) in [6.45, 7) is 2.96. The molecule has 2 aliphatic heterocycles. The molecule has 9 heteroatoms. The first-order valence-electron chi connectivity index (χ1n) is 10.3. The van der Waals surface area contributed by atoms with E-state index in [4.69, 9.17) is 5.26 Å². The van der Waals surface area contributed by atoms with Crippen molar-refractivity contribution in [3.05, 3.63) is 71.3 Å². The van der Waals surface area contributed by atoms with Gasteiger partial charge in [0.05, 0.1) is 11.6 Å². The Bertz CT molecular complexity index is 1240. The second-order valence-electron chi connectivity index (χ2n) is 7.76. The smallest absolute Gasteiger partial charge is 0.319 e. The van der Waals surface area contributed by atoms with E-state index in [9.17, 15) is 13.2 Å². The number of carbonyl (C=O) groups is 1. The van der Waals surface area contributed by atoms with Gasteiger partial charge in [0.2, 0.25) is 0 Å². The van der Waals surface area contributed by atoms with E-state index in [1.54, 1.807) is 43.3 Å². The molecule has 0 bridgehead atoms. The zero-order valence-corrected chi connectivity index (χ0v) is 18.4. The van der Waals surface area contributed by atoms with Gasteiger partial charge in [0.15, 0.2) is 0 Å². The van der Waals surface area contributed by atoms with Crippen molar-refractivity contribution in [2.24, 2.45) is 4.40 Å². The molecular weight excluding hydrogens is 426 g/mol. The van der Waals surface area contributed by atoms with Gasteiger partial charge in [-0.25, -0.2) is 4.79 Å². The van der Waals surface area contributed by atoms with E-state index in [1.165, 1.54) is 0 Å². The maximum absolute atomic E-state index is 12.7. The fourth-order valence-electron chi connectivity index (χ4n) is 4.03. The summed E-state index contributed by atoms with van der Waals surface area (Å²) < 4.78 is 29.5. The number of hydrogen-bond donors (Lipinski definition) is 2. The highest BCUT2D eigenvalue weighted by atomic mass is 32.2. The monoisotopic (exact) mass is 449 g/mol. The fourth-order valence-corrected chi connectivity index (χ4v) is 5.51. The first kappa shape index (κ1) is 21.6. The Kier molecular flexibility index (Phi) is 5.97. The highest BCUT2D eigenvalue weighted by Gasteiger charge is 2.34. The Balaban J connectivity index is 1.38. The first-order valence-corrected chi connectivity index (χ1v) is 11.8. The van der Waals surface area contributed by atoms with Gasteiger partial charge in [0, 0.05) is 30.4 Å². The summed E-state index contributed by atoms with van der Waals surface area (Å²) in [5, 5.41) is 14.7. The van der Waals surface area contributed by atoms with E-state index >= 15 is 0 Å². The molecule has 0 aromatic heterocycles. The molecule has 2 aromatic carbocycles. The van der Waals surface area contributed by atoms with Crippen LogP contribution in [0.4, 0.5) is 10.5 Å². The molecule has 2 heterocycles. The SMILES string of the molecule is CC1=C(c2ccccc2)S(=O)(=O)N=C1N1CCC(NC(=O)Nc2cccc(C#N)c2)CC1. The van der Waals surface area contributed by atoms with E-state index in [1.807, 2.05) is 29.2 Å². The topological polar surface area (TPSA) is 115 Å². The van der Waals surface area contributed by atoms with Gasteiger partial charge in [0.25, 0.3) is 10.0 Å². The Labute approximate surface area is 187 Å². The molecule has 0 saturated carbocycles. The minimum absolute atomic E-state index is 0.0399. The molecule has 8 nitrogen and oxygen atoms in total. The third kappa shape index (κ3) is 4.50. The molecule has 4 rings (SSSR count). The second-order valence-corrected chi connectivity index (χ2v) is 9.30. The highest BCUT2D eigenvalue weighted by molar-refractivity contribution is 8.00. The molecule has 0 aliphatic carbocycles. The van der Waals surface area contributed by atoms with Crippen LogP contribution in [0.2, 0.25) is 0 Å². The summed E-state index contributed by atoms with van der Waals surface area (Å²) in [4.78, 5) is 14.6. The van der Waals surface area contributed by atoms with Gasteiger partial charge >= 0.3 is 6.03 Å². The lowest BCUT2D eigenvalue weighted by Gasteiger charge is -2.33. The first-order chi connectivity index (χ1) is 15.4. The van der Waals surface area contributed by atoms with Crippen molar-refractivity contribution in [3.63, 3.8) is 0 Å². The Hall–Kier alpha value is -3.64. The van der Waals surface area contributed by atoms with Gasteiger partial charge in [-0.15, -0.1) is 4.40 Å². The molecule has 0 spiro atoms. The highest BCUT2D eigenvalue weighted by Crippen LogP contribution is 2.34. The number of likely N-dealkylation sites (tertiary alicyclic amines) is 1. The third-order valence-corrected chi connectivity index (χ3v) is 7.03. The van der Waals surface area contributed by atoms with Crippen molar-refractivity contribution in [2.45, 2.75) is 25.8 Å². The van der Waals surface area contributed by atoms with E-state index in [2.05, 4.69) is 15.0 Å². The van der Waals surface area contributed by atoms with Crippen LogP contribution in [0.1, 0.15) is 30.9 Å². The molecular formula is C23H23N5O3S. The quantitative estimate of drug-likeness (QED) is 0.746. The largest absolute Gasteiger partial charge is 0.356 e. The molecule has 2 N–H and O–H groups in total. The maximum atomic E-state index is 12.7. The number of nitrogens with zero attached hydrogens (tertiary/aromatic N) is 3. The van der Waals surface area contributed by atoms with Crippen LogP contribution in [-0.4, -0.2) is 44.3 Å². The zero-order valence-electron chi connectivity index (χ0n) is 17.6. The predicted molar refractivity (Wildman–Crippen MR) is 123 cm³/mol. The summed E-state index contributed by atoms with van der Waals surface area (Å²) in [6, 6.07) is 17.4. The molecule has 32 heavy (non-hydrogen) atoms. The predicted octanol–water partition coefficient (Wildman–Crippen LogP) is 3.32. The lowest BCUT2D eigenvalue weighted by atomic mass is 10.0. The van der Waals surface area contributed by atoms with Crippen molar-refractivity contribution in [1.29, 1.82) is 5.26 Å². The van der Waals surface area contributed by atoms with Crippen molar-refractivity contribution in [1.82, 2.24) is 10.2 Å². The molecule has 2 aliphatic rings. The summed E-state index contributed by atoms with van der Waals surface area (Å²) in [7, 11) is -3.74. The lowest BCUT2D eigenvalue weighted by Crippen LogP contribution is -2.47. The number of nitrogens with one attached hydrogen (secondary N) is 2. The van der Waals surface area contributed by atoms with E-state index in [0.717, 1.165) is 0 Å². The molecule has 0 atom stereocenters. The Morgan fingerprint density at radius 3 is 2.53 bits per heavy atom. The number of benzene rings is 2. The number of anilines is 1. The molecule has 1 saturated heterocycles. The van der Waals surface area contributed by atoms with Crippen LogP contribution in [0.15, 0.2) is 64.6 Å². The Morgan fingerprint density at radius 2 is 1.84 bits per heavy atom. The standard InChI is InChI=1S/C23H23N5O3S/c1-16-21(18-7-3-2-4-8-18)32(30,31)27-22(16)28-12-10-19(11-13-28)25-23(29)26-20-9-5-6-17(14-20)15-24/h2-9,14,19H,10-13H2,1H3,(H2,25,26,29). The van der Waals surface area contributed by atoms with Crippen LogP contribution in [0, 0.1) is 11.3 Å². The molecule has 2 amide bonds. The van der Waals surface area contributed by atoms with Crippen LogP contribution in [0.3, 0.4) is 0 Å². The van der Waals surface area contributed by atoms with Gasteiger partial charge in [-0.1, -0.05) is 36.4 Å². The van der Waals surface area contributed by atoms with E-state index in [0.29, 0.717) is 54.2 Å². The summed E-state index contributed by atoms with van der Waals surface area (Å²) >= 11 is 0. The van der Waals surface area contributed by atoms with Crippen LogP contribution in [0.5, 0.6) is 0 Å². The second kappa shape index (κ2) is 8.85. The fraction of sp³-hybridized carbons (Fsp3) is 0.261. The third-order valence-electron chi connectivity index (χ3n) is 5.56. The van der Waals surface area contributed by atoms with Gasteiger partial charge in [-0.05, 0) is 43.5 Å². The van der Waals surface area contributed by atoms with Crippen LogP contribution in [0.25, 0.3) is 4.91 Å². The van der Waals surface area contributed by atoms with E-state index in [-0.39, 0.29) is 17.0 Å². The Morgan fingerprint density at radius 1 is 1.12 bits per heavy atom. The molecule has 164 valence electrons. The van der Waals surface area contributed by atoms with Gasteiger partial charge in [-0.2, -0.15) is 13.7 Å². The number of nitriles is 1. The molecule has 0 unspecified atom stereocenters. The van der Waals surface area contributed by atoms with Crippen LogP contribution >= 0.6 is 0 Å². The number of carbonyl (C=O) groups excluding carboxylic acids is 1. The molecule has 0 radical (unpaired) electrons. The van der Waals surface area contributed by atoms with Crippen molar-refractivity contribution < 1.29 is 13.2 Å². The zero-order chi connectivity index (χ0) is 22.7. The van der Waals surface area contributed by atoms with Crippen LogP contribution in [-0.2, 0) is 10.0 Å². The van der Waals surface area contributed by atoms with Gasteiger partial charge in [0.1, 0.15) is 10.7 Å². The number of rotatable bonds is 3. The number of piperidine rings is 1. The minimum Gasteiger partial charge on any atom is -0.356 e. The van der Waals surface area contributed by atoms with Crippen molar-refractivity contribution in [2.75, 3.05) is 18.4 Å². The average molecular weight is 450 g/mol. The van der Waals surface area contributed by atoms with Crippen molar-refractivity contribution in [3.8, 4) is 6.07 Å². The number of sulfonamides is 1. The summed E-state index contributed by atoms with van der Waals surface area (Å²) in [5.41, 5.74) is 2.32. The minimum atomic E-state index is -3.74. The average Bonchev–Trinajstić information content (AvgIpc) is 3.03.